The summed E-state index contributed by atoms with van der Waals surface area (Å²) < 4.78 is 11.1. The second-order valence-corrected chi connectivity index (χ2v) is 4.38. The van der Waals surface area contributed by atoms with E-state index in [9.17, 15) is 0 Å². The molecular formula is C10H20O2. The minimum absolute atomic E-state index is 0.00138. The lowest BCUT2D eigenvalue weighted by atomic mass is 10.1. The van der Waals surface area contributed by atoms with Gasteiger partial charge in [-0.3, -0.25) is 0 Å². The topological polar surface area (TPSA) is 18.5 Å². The molecule has 72 valence electrons. The van der Waals surface area contributed by atoms with E-state index in [1.54, 1.807) is 0 Å². The Morgan fingerprint density at radius 3 is 2.67 bits per heavy atom. The van der Waals surface area contributed by atoms with Crippen LogP contribution in [0.4, 0.5) is 0 Å². The summed E-state index contributed by atoms with van der Waals surface area (Å²) in [5.74, 6) is 0. The highest BCUT2D eigenvalue weighted by atomic mass is 16.5. The third kappa shape index (κ3) is 4.07. The largest absolute Gasteiger partial charge is 0.378 e. The first-order valence-corrected chi connectivity index (χ1v) is 4.83. The van der Waals surface area contributed by atoms with Gasteiger partial charge in [-0.2, -0.15) is 0 Å². The molecule has 1 aliphatic rings. The Bertz CT molecular complexity index is 120. The van der Waals surface area contributed by atoms with Crippen molar-refractivity contribution >= 4 is 0 Å². The van der Waals surface area contributed by atoms with Gasteiger partial charge in [0.2, 0.25) is 0 Å². The maximum atomic E-state index is 5.61. The van der Waals surface area contributed by atoms with Gasteiger partial charge in [0, 0.05) is 13.2 Å². The summed E-state index contributed by atoms with van der Waals surface area (Å²) in [6.07, 6.45) is 3.96. The molecule has 0 radical (unpaired) electrons. The predicted octanol–water partition coefficient (Wildman–Crippen LogP) is 2.37. The van der Waals surface area contributed by atoms with Crippen molar-refractivity contribution in [1.29, 1.82) is 0 Å². The summed E-state index contributed by atoms with van der Waals surface area (Å²) in [7, 11) is 0. The Kier molecular flexibility index (Phi) is 3.53. The molecule has 0 aromatic rings. The van der Waals surface area contributed by atoms with Gasteiger partial charge < -0.3 is 9.47 Å². The molecule has 1 atom stereocenters. The Labute approximate surface area is 75.2 Å². The first-order chi connectivity index (χ1) is 5.58. The molecule has 0 spiro atoms. The predicted molar refractivity (Wildman–Crippen MR) is 49.3 cm³/mol. The molecule has 1 saturated heterocycles. The van der Waals surface area contributed by atoms with Crippen molar-refractivity contribution in [3.8, 4) is 0 Å². The van der Waals surface area contributed by atoms with Gasteiger partial charge in [-0.05, 0) is 40.0 Å². The summed E-state index contributed by atoms with van der Waals surface area (Å²) in [5, 5.41) is 0. The zero-order valence-corrected chi connectivity index (χ0v) is 8.43. The smallest absolute Gasteiger partial charge is 0.0598 e. The van der Waals surface area contributed by atoms with Gasteiger partial charge in [0.05, 0.1) is 11.7 Å². The van der Waals surface area contributed by atoms with Crippen molar-refractivity contribution in [2.45, 2.75) is 51.7 Å². The molecular weight excluding hydrogens is 152 g/mol. The Hall–Kier alpha value is -0.0800. The van der Waals surface area contributed by atoms with E-state index in [1.165, 1.54) is 12.8 Å². The first kappa shape index (κ1) is 10.0. The maximum Gasteiger partial charge on any atom is 0.0598 e. The zero-order valence-electron chi connectivity index (χ0n) is 8.43. The highest BCUT2D eigenvalue weighted by molar-refractivity contribution is 4.65. The van der Waals surface area contributed by atoms with Gasteiger partial charge in [-0.1, -0.05) is 0 Å². The summed E-state index contributed by atoms with van der Waals surface area (Å²) in [6.45, 7) is 8.03. The number of ether oxygens (including phenoxy) is 2. The quantitative estimate of drug-likeness (QED) is 0.650. The molecule has 0 N–H and O–H groups in total. The molecule has 1 heterocycles. The standard InChI is InChI=1S/C10H20O2/c1-10(2,3)12-8-6-9-5-4-7-11-9/h9H,4-8H2,1-3H3. The van der Waals surface area contributed by atoms with Crippen LogP contribution in [-0.4, -0.2) is 24.9 Å². The highest BCUT2D eigenvalue weighted by Crippen LogP contribution is 2.16. The van der Waals surface area contributed by atoms with Crippen molar-refractivity contribution in [1.82, 2.24) is 0 Å². The van der Waals surface area contributed by atoms with Crippen LogP contribution in [0.1, 0.15) is 40.0 Å². The fourth-order valence-electron chi connectivity index (χ4n) is 1.37. The number of hydrogen-bond acceptors (Lipinski definition) is 2. The van der Waals surface area contributed by atoms with Gasteiger partial charge in [0.25, 0.3) is 0 Å². The van der Waals surface area contributed by atoms with Crippen LogP contribution in [0.5, 0.6) is 0 Å². The molecule has 0 aromatic carbocycles. The third-order valence-electron chi connectivity index (χ3n) is 2.00. The summed E-state index contributed by atoms with van der Waals surface area (Å²) in [4.78, 5) is 0. The average molecular weight is 172 g/mol. The van der Waals surface area contributed by atoms with Gasteiger partial charge in [-0.25, -0.2) is 0 Å². The van der Waals surface area contributed by atoms with Crippen molar-refractivity contribution in [2.24, 2.45) is 0 Å². The molecule has 2 heteroatoms. The van der Waals surface area contributed by atoms with Gasteiger partial charge in [0.15, 0.2) is 0 Å². The van der Waals surface area contributed by atoms with E-state index < -0.39 is 0 Å². The summed E-state index contributed by atoms with van der Waals surface area (Å²) >= 11 is 0. The van der Waals surface area contributed by atoms with Crippen LogP contribution in [0.15, 0.2) is 0 Å². The molecule has 0 aliphatic carbocycles. The summed E-state index contributed by atoms with van der Waals surface area (Å²) in [6, 6.07) is 0. The summed E-state index contributed by atoms with van der Waals surface area (Å²) in [5.41, 5.74) is -0.00138. The lowest BCUT2D eigenvalue weighted by Crippen LogP contribution is -2.21. The van der Waals surface area contributed by atoms with Crippen LogP contribution in [0.2, 0.25) is 0 Å². The SMILES string of the molecule is CC(C)(C)OCCC1CCCO1. The van der Waals surface area contributed by atoms with Crippen LogP contribution in [-0.2, 0) is 9.47 Å². The highest BCUT2D eigenvalue weighted by Gasteiger charge is 2.16. The molecule has 0 bridgehead atoms. The van der Waals surface area contributed by atoms with Crippen LogP contribution in [0, 0.1) is 0 Å². The van der Waals surface area contributed by atoms with Gasteiger partial charge in [-0.15, -0.1) is 0 Å². The minimum Gasteiger partial charge on any atom is -0.378 e. The normalized spacial score (nSPS) is 24.8. The Morgan fingerprint density at radius 2 is 2.17 bits per heavy atom. The minimum atomic E-state index is -0.00138. The van der Waals surface area contributed by atoms with Crippen molar-refractivity contribution in [3.05, 3.63) is 0 Å². The first-order valence-electron chi connectivity index (χ1n) is 4.83. The van der Waals surface area contributed by atoms with E-state index in [-0.39, 0.29) is 5.60 Å². The molecule has 0 aromatic heterocycles. The van der Waals surface area contributed by atoms with Crippen LogP contribution >= 0.6 is 0 Å². The van der Waals surface area contributed by atoms with Gasteiger partial charge in [0.1, 0.15) is 0 Å². The molecule has 1 aliphatic heterocycles. The van der Waals surface area contributed by atoms with E-state index in [0.29, 0.717) is 6.10 Å². The van der Waals surface area contributed by atoms with Crippen molar-refractivity contribution in [2.75, 3.05) is 13.2 Å². The Balaban J connectivity index is 2.02. The molecule has 1 rings (SSSR count). The van der Waals surface area contributed by atoms with Crippen LogP contribution in [0.3, 0.4) is 0 Å². The van der Waals surface area contributed by atoms with E-state index in [1.807, 2.05) is 0 Å². The fraction of sp³-hybridized carbons (Fsp3) is 1.00. The molecule has 0 saturated carbocycles. The number of hydrogen-bond donors (Lipinski definition) is 0. The van der Waals surface area contributed by atoms with Crippen molar-refractivity contribution < 1.29 is 9.47 Å². The van der Waals surface area contributed by atoms with E-state index in [2.05, 4.69) is 20.8 Å². The average Bonchev–Trinajstić information content (AvgIpc) is 2.36. The van der Waals surface area contributed by atoms with E-state index >= 15 is 0 Å². The van der Waals surface area contributed by atoms with Crippen molar-refractivity contribution in [3.63, 3.8) is 0 Å². The molecule has 1 unspecified atom stereocenters. The third-order valence-corrected chi connectivity index (χ3v) is 2.00. The fourth-order valence-corrected chi connectivity index (χ4v) is 1.37. The van der Waals surface area contributed by atoms with Crippen LogP contribution in [0.25, 0.3) is 0 Å². The molecule has 2 nitrogen and oxygen atoms in total. The van der Waals surface area contributed by atoms with E-state index in [4.69, 9.17) is 9.47 Å². The zero-order chi connectivity index (χ0) is 9.03. The lowest BCUT2D eigenvalue weighted by Gasteiger charge is -2.20. The second-order valence-electron chi connectivity index (χ2n) is 4.38. The number of rotatable bonds is 3. The maximum absolute atomic E-state index is 5.61. The molecule has 0 amide bonds. The Morgan fingerprint density at radius 1 is 1.42 bits per heavy atom. The van der Waals surface area contributed by atoms with Crippen LogP contribution < -0.4 is 0 Å². The molecule has 1 fully saturated rings. The molecule has 12 heavy (non-hydrogen) atoms. The van der Waals surface area contributed by atoms with Gasteiger partial charge >= 0.3 is 0 Å². The van der Waals surface area contributed by atoms with E-state index in [0.717, 1.165) is 19.6 Å². The second kappa shape index (κ2) is 4.24. The monoisotopic (exact) mass is 172 g/mol. The lowest BCUT2D eigenvalue weighted by molar-refractivity contribution is -0.0219.